The number of halogens is 3. The van der Waals surface area contributed by atoms with Gasteiger partial charge in [0.05, 0.1) is 12.2 Å². The quantitative estimate of drug-likeness (QED) is 0.732. The maximum atomic E-state index is 10.6. The Labute approximate surface area is 187 Å². The molecule has 0 radical (unpaired) electrons. The molecule has 0 aliphatic carbocycles. The molecule has 11 heteroatoms. The monoisotopic (exact) mass is 468 g/mol. The summed E-state index contributed by atoms with van der Waals surface area (Å²) in [7, 11) is 0. The summed E-state index contributed by atoms with van der Waals surface area (Å²) in [4.78, 5) is 15.6. The van der Waals surface area contributed by atoms with Gasteiger partial charge in [0.2, 0.25) is 12.7 Å². The topological polar surface area (TPSA) is 90.4 Å². The fraction of sp³-hybridized carbons (Fsp3) is 0.455. The lowest BCUT2D eigenvalue weighted by molar-refractivity contribution is -0.192. The zero-order chi connectivity index (χ0) is 23.5. The number of carboxylic acids is 1. The van der Waals surface area contributed by atoms with Crippen LogP contribution >= 0.6 is 0 Å². The number of ether oxygens (including phenoxy) is 4. The Morgan fingerprint density at radius 3 is 2.76 bits per heavy atom. The second kappa shape index (κ2) is 9.44. The van der Waals surface area contributed by atoms with Gasteiger partial charge >= 0.3 is 12.1 Å². The number of rotatable bonds is 4. The van der Waals surface area contributed by atoms with Crippen LogP contribution in [0.2, 0.25) is 0 Å². The first-order chi connectivity index (χ1) is 15.7. The molecule has 1 aromatic heterocycles. The lowest BCUT2D eigenvalue weighted by atomic mass is 9.98. The van der Waals surface area contributed by atoms with Crippen LogP contribution in [0.4, 0.5) is 13.2 Å². The molecule has 1 N–H and O–H groups in total. The van der Waals surface area contributed by atoms with Gasteiger partial charge in [0.25, 0.3) is 0 Å². The Morgan fingerprint density at radius 2 is 2.03 bits per heavy atom. The predicted octanol–water partition coefficient (Wildman–Crippen LogP) is 3.26. The number of fused-ring (bicyclic) bond motifs is 1. The summed E-state index contributed by atoms with van der Waals surface area (Å²) >= 11 is 0. The van der Waals surface area contributed by atoms with Crippen LogP contribution in [0.25, 0.3) is 0 Å². The molecule has 1 spiro atoms. The molecule has 33 heavy (non-hydrogen) atoms. The van der Waals surface area contributed by atoms with Crippen molar-refractivity contribution >= 4 is 5.97 Å². The Morgan fingerprint density at radius 1 is 1.24 bits per heavy atom. The van der Waals surface area contributed by atoms with Gasteiger partial charge in [-0.1, -0.05) is 12.1 Å². The van der Waals surface area contributed by atoms with Gasteiger partial charge in [-0.15, -0.1) is 0 Å². The van der Waals surface area contributed by atoms with Crippen LogP contribution in [-0.2, 0) is 16.1 Å². The fourth-order valence-corrected chi connectivity index (χ4v) is 4.11. The minimum Gasteiger partial charge on any atom is -0.475 e. The highest BCUT2D eigenvalue weighted by atomic mass is 19.4. The van der Waals surface area contributed by atoms with E-state index in [1.54, 1.807) is 6.20 Å². The number of alkyl halides is 3. The molecular formula is C22H23F3N2O6. The van der Waals surface area contributed by atoms with Crippen LogP contribution in [0.1, 0.15) is 18.4 Å². The standard InChI is InChI=1S/C20H22N2O4.C2HF3O2/c1-2-7-21-19(3-1)26-16-10-20(25-12-16)6-8-22(13-20)11-15-4-5-17-18(9-15)24-14-23-17;3-2(4,5)1(6)7/h1-5,7,9,16H,6,8,10-14H2;(H,6,7)/t16-,20+;/m1./s1. The van der Waals surface area contributed by atoms with Gasteiger partial charge in [-0.3, -0.25) is 4.90 Å². The maximum Gasteiger partial charge on any atom is 0.490 e. The normalized spacial score (nSPS) is 23.9. The molecule has 3 aliphatic rings. The zero-order valence-corrected chi connectivity index (χ0v) is 17.6. The number of hydrogen-bond donors (Lipinski definition) is 1. The third-order valence-electron chi connectivity index (χ3n) is 5.58. The summed E-state index contributed by atoms with van der Waals surface area (Å²) in [5, 5.41) is 7.12. The van der Waals surface area contributed by atoms with Crippen molar-refractivity contribution in [3.8, 4) is 17.4 Å². The summed E-state index contributed by atoms with van der Waals surface area (Å²) in [5.41, 5.74) is 1.15. The summed E-state index contributed by atoms with van der Waals surface area (Å²) < 4.78 is 54.8. The lowest BCUT2D eigenvalue weighted by Gasteiger charge is -2.23. The SMILES string of the molecule is O=C(O)C(F)(F)F.c1ccc(O[C@H]2CO[C@@]3(CCN(Cc4ccc5c(c4)OCO5)C3)C2)nc1. The van der Waals surface area contributed by atoms with E-state index in [4.69, 9.17) is 28.8 Å². The third-order valence-corrected chi connectivity index (χ3v) is 5.58. The van der Waals surface area contributed by atoms with Crippen molar-refractivity contribution in [1.29, 1.82) is 0 Å². The minimum absolute atomic E-state index is 0.0791. The summed E-state index contributed by atoms with van der Waals surface area (Å²) in [5.74, 6) is -0.404. The average Bonchev–Trinajstić information content (AvgIpc) is 3.49. The number of hydrogen-bond acceptors (Lipinski definition) is 7. The van der Waals surface area contributed by atoms with Crippen molar-refractivity contribution in [2.75, 3.05) is 26.5 Å². The first kappa shape index (κ1) is 23.1. The molecule has 0 unspecified atom stereocenters. The molecular weight excluding hydrogens is 445 g/mol. The van der Waals surface area contributed by atoms with E-state index in [1.807, 2.05) is 24.3 Å². The number of aliphatic carboxylic acids is 1. The predicted molar refractivity (Wildman–Crippen MR) is 108 cm³/mol. The number of pyridine rings is 1. The number of aromatic nitrogens is 1. The molecule has 8 nitrogen and oxygen atoms in total. The van der Waals surface area contributed by atoms with E-state index in [-0.39, 0.29) is 11.7 Å². The van der Waals surface area contributed by atoms with Crippen LogP contribution in [0.5, 0.6) is 17.4 Å². The Kier molecular flexibility index (Phi) is 6.61. The smallest absolute Gasteiger partial charge is 0.475 e. The zero-order valence-electron chi connectivity index (χ0n) is 17.6. The van der Waals surface area contributed by atoms with E-state index in [0.29, 0.717) is 19.3 Å². The van der Waals surface area contributed by atoms with Crippen molar-refractivity contribution in [1.82, 2.24) is 9.88 Å². The fourth-order valence-electron chi connectivity index (χ4n) is 4.11. The van der Waals surface area contributed by atoms with Crippen molar-refractivity contribution < 1.29 is 42.0 Å². The average molecular weight is 468 g/mol. The van der Waals surface area contributed by atoms with Gasteiger partial charge in [0.1, 0.15) is 6.10 Å². The van der Waals surface area contributed by atoms with E-state index in [9.17, 15) is 13.2 Å². The van der Waals surface area contributed by atoms with Crippen LogP contribution < -0.4 is 14.2 Å². The number of likely N-dealkylation sites (tertiary alicyclic amines) is 1. The Hall–Kier alpha value is -3.05. The minimum atomic E-state index is -5.08. The molecule has 2 fully saturated rings. The van der Waals surface area contributed by atoms with E-state index in [1.165, 1.54) is 5.56 Å². The van der Waals surface area contributed by atoms with Crippen LogP contribution in [0.3, 0.4) is 0 Å². The molecule has 0 bridgehead atoms. The van der Waals surface area contributed by atoms with Crippen LogP contribution in [0, 0.1) is 0 Å². The summed E-state index contributed by atoms with van der Waals surface area (Å²) in [6.07, 6.45) is -1.29. The van der Waals surface area contributed by atoms with Crippen molar-refractivity contribution in [2.24, 2.45) is 0 Å². The highest BCUT2D eigenvalue weighted by Gasteiger charge is 2.46. The van der Waals surface area contributed by atoms with Gasteiger partial charge in [-0.2, -0.15) is 13.2 Å². The van der Waals surface area contributed by atoms with E-state index in [0.717, 1.165) is 44.0 Å². The van der Waals surface area contributed by atoms with Gasteiger partial charge < -0.3 is 24.1 Å². The van der Waals surface area contributed by atoms with Gasteiger partial charge in [0.15, 0.2) is 11.5 Å². The molecule has 4 heterocycles. The molecule has 178 valence electrons. The molecule has 0 saturated carbocycles. The number of carboxylic acid groups (broad SMARTS) is 1. The summed E-state index contributed by atoms with van der Waals surface area (Å²) in [6.45, 7) is 3.81. The van der Waals surface area contributed by atoms with Gasteiger partial charge in [-0.25, -0.2) is 9.78 Å². The number of nitrogens with zero attached hydrogens (tertiary/aromatic N) is 2. The van der Waals surface area contributed by atoms with E-state index < -0.39 is 12.1 Å². The van der Waals surface area contributed by atoms with Crippen molar-refractivity contribution in [2.45, 2.75) is 37.3 Å². The van der Waals surface area contributed by atoms with Crippen molar-refractivity contribution in [3.05, 3.63) is 48.2 Å². The Bertz CT molecular complexity index is 974. The van der Waals surface area contributed by atoms with E-state index in [2.05, 4.69) is 22.0 Å². The summed E-state index contributed by atoms with van der Waals surface area (Å²) in [6, 6.07) is 11.9. The number of benzene rings is 1. The first-order valence-corrected chi connectivity index (χ1v) is 10.4. The maximum absolute atomic E-state index is 10.6. The molecule has 1 aromatic carbocycles. The molecule has 2 aromatic rings. The first-order valence-electron chi connectivity index (χ1n) is 10.4. The van der Waals surface area contributed by atoms with Gasteiger partial charge in [-0.05, 0) is 30.2 Å². The van der Waals surface area contributed by atoms with Crippen molar-refractivity contribution in [3.63, 3.8) is 0 Å². The second-order valence-electron chi connectivity index (χ2n) is 8.06. The van der Waals surface area contributed by atoms with Gasteiger partial charge in [0, 0.05) is 38.3 Å². The van der Waals surface area contributed by atoms with Crippen LogP contribution in [-0.4, -0.2) is 65.3 Å². The molecule has 5 rings (SSSR count). The Balaban J connectivity index is 0.000000325. The highest BCUT2D eigenvalue weighted by molar-refractivity contribution is 5.73. The largest absolute Gasteiger partial charge is 0.490 e. The second-order valence-corrected chi connectivity index (χ2v) is 8.06. The molecule has 2 saturated heterocycles. The highest BCUT2D eigenvalue weighted by Crippen LogP contribution is 2.38. The van der Waals surface area contributed by atoms with E-state index >= 15 is 0 Å². The number of carbonyl (C=O) groups is 1. The lowest BCUT2D eigenvalue weighted by Crippen LogP contribution is -2.33. The third kappa shape index (κ3) is 5.85. The molecule has 3 aliphatic heterocycles. The molecule has 2 atom stereocenters. The van der Waals surface area contributed by atoms with Crippen LogP contribution in [0.15, 0.2) is 42.6 Å². The molecule has 0 amide bonds.